The molecular formula is C29H35N3O2S2. The van der Waals surface area contributed by atoms with Crippen molar-refractivity contribution in [2.45, 2.75) is 54.1 Å². The second-order valence-corrected chi connectivity index (χ2v) is 11.0. The van der Waals surface area contributed by atoms with Crippen LogP contribution in [0.25, 0.3) is 10.9 Å². The van der Waals surface area contributed by atoms with Gasteiger partial charge in [-0.25, -0.2) is 4.79 Å². The molecule has 2 N–H and O–H groups in total. The number of carbonyl (C=O) groups excluding carboxylic acids is 1. The molecule has 0 saturated carbocycles. The van der Waals surface area contributed by atoms with Gasteiger partial charge in [0.05, 0.1) is 0 Å². The van der Waals surface area contributed by atoms with Gasteiger partial charge in [0, 0.05) is 51.9 Å². The summed E-state index contributed by atoms with van der Waals surface area (Å²) in [6.07, 6.45) is 1.66. The number of fused-ring (bicyclic) bond motifs is 1. The number of hydrogen-bond donors (Lipinski definition) is 3. The topological polar surface area (TPSA) is 57.4 Å². The number of amides is 1. The first-order valence-corrected chi connectivity index (χ1v) is 13.1. The highest BCUT2D eigenvalue weighted by atomic mass is 32.2. The number of aromatic nitrogens is 1. The standard InChI is InChI=1S/C16H16N2S.C13H19NO2S/c1-17-11-13-4-2-3-5-16(13)19-14-6-7-15-12(10-14)8-9-18-15;1-13(2,3)16-12(15)14(4)9-10-7-5-6-8-11(10)17/h2-10,17-18H,11H2,1H3;5-8,17H,9H2,1-4H3. The van der Waals surface area contributed by atoms with Crippen molar-refractivity contribution in [1.82, 2.24) is 15.2 Å². The molecule has 1 heterocycles. The van der Waals surface area contributed by atoms with Gasteiger partial charge in [-0.05, 0) is 75.3 Å². The average molecular weight is 522 g/mol. The largest absolute Gasteiger partial charge is 0.444 e. The van der Waals surface area contributed by atoms with Crippen LogP contribution in [0.5, 0.6) is 0 Å². The maximum Gasteiger partial charge on any atom is 0.410 e. The molecule has 0 aliphatic rings. The molecule has 1 aromatic heterocycles. The molecule has 0 saturated heterocycles. The molecule has 0 atom stereocenters. The molecule has 0 radical (unpaired) electrons. The van der Waals surface area contributed by atoms with Gasteiger partial charge in [0.25, 0.3) is 0 Å². The zero-order valence-electron chi connectivity index (χ0n) is 21.5. The Morgan fingerprint density at radius 1 is 1.03 bits per heavy atom. The molecular weight excluding hydrogens is 486 g/mol. The minimum Gasteiger partial charge on any atom is -0.444 e. The number of carbonyl (C=O) groups is 1. The van der Waals surface area contributed by atoms with Gasteiger partial charge in [-0.3, -0.25) is 0 Å². The number of H-pyrrole nitrogens is 1. The molecule has 190 valence electrons. The quantitative estimate of drug-likeness (QED) is 0.232. The highest BCUT2D eigenvalue weighted by Gasteiger charge is 2.19. The third kappa shape index (κ3) is 8.36. The Kier molecular flexibility index (Phi) is 9.93. The van der Waals surface area contributed by atoms with Crippen LogP contribution in [0.3, 0.4) is 0 Å². The lowest BCUT2D eigenvalue weighted by Crippen LogP contribution is -2.33. The molecule has 4 aromatic rings. The molecule has 0 aliphatic carbocycles. The van der Waals surface area contributed by atoms with Gasteiger partial charge in [-0.2, -0.15) is 0 Å². The first-order chi connectivity index (χ1) is 17.2. The molecule has 0 fully saturated rings. The van der Waals surface area contributed by atoms with Gasteiger partial charge in [-0.1, -0.05) is 48.2 Å². The molecule has 4 rings (SSSR count). The van der Waals surface area contributed by atoms with Gasteiger partial charge in [-0.15, -0.1) is 12.6 Å². The van der Waals surface area contributed by atoms with Crippen molar-refractivity contribution < 1.29 is 9.53 Å². The third-order valence-corrected chi connectivity index (χ3v) is 6.74. The summed E-state index contributed by atoms with van der Waals surface area (Å²) in [6, 6.07) is 24.9. The minimum absolute atomic E-state index is 0.325. The lowest BCUT2D eigenvalue weighted by molar-refractivity contribution is 0.0284. The SMILES string of the molecule is CN(Cc1ccccc1S)C(=O)OC(C)(C)C.CNCc1ccccc1Sc1ccc2[nH]ccc2c1. The summed E-state index contributed by atoms with van der Waals surface area (Å²) in [5.41, 5.74) is 3.06. The van der Waals surface area contributed by atoms with Crippen molar-refractivity contribution in [1.29, 1.82) is 0 Å². The Morgan fingerprint density at radius 3 is 2.42 bits per heavy atom. The summed E-state index contributed by atoms with van der Waals surface area (Å²) in [5.74, 6) is 0. The van der Waals surface area contributed by atoms with Crippen molar-refractivity contribution in [2.24, 2.45) is 0 Å². The predicted molar refractivity (Wildman–Crippen MR) is 153 cm³/mol. The van der Waals surface area contributed by atoms with Crippen molar-refractivity contribution in [3.63, 3.8) is 0 Å². The van der Waals surface area contributed by atoms with E-state index < -0.39 is 5.60 Å². The van der Waals surface area contributed by atoms with Gasteiger partial charge >= 0.3 is 6.09 Å². The van der Waals surface area contributed by atoms with Gasteiger partial charge < -0.3 is 19.9 Å². The third-order valence-electron chi connectivity index (χ3n) is 5.20. The lowest BCUT2D eigenvalue weighted by Gasteiger charge is -2.25. The first kappa shape index (κ1) is 27.7. The highest BCUT2D eigenvalue weighted by molar-refractivity contribution is 7.99. The van der Waals surface area contributed by atoms with Crippen LogP contribution < -0.4 is 5.32 Å². The molecule has 0 unspecified atom stereocenters. The van der Waals surface area contributed by atoms with E-state index in [1.165, 1.54) is 26.3 Å². The summed E-state index contributed by atoms with van der Waals surface area (Å²) < 4.78 is 5.27. The number of hydrogen-bond acceptors (Lipinski definition) is 5. The highest BCUT2D eigenvalue weighted by Crippen LogP contribution is 2.32. The number of aromatic amines is 1. The van der Waals surface area contributed by atoms with Gasteiger partial charge in [0.2, 0.25) is 0 Å². The van der Waals surface area contributed by atoms with Crippen LogP contribution in [0.1, 0.15) is 31.9 Å². The average Bonchev–Trinajstić information content (AvgIpc) is 3.29. The number of nitrogens with one attached hydrogen (secondary N) is 2. The second kappa shape index (κ2) is 12.9. The van der Waals surface area contributed by atoms with Crippen molar-refractivity contribution in [3.05, 3.63) is 90.1 Å². The van der Waals surface area contributed by atoms with E-state index in [1.807, 2.05) is 70.0 Å². The Morgan fingerprint density at radius 2 is 1.72 bits per heavy atom. The summed E-state index contributed by atoms with van der Waals surface area (Å²) in [5, 5.41) is 4.48. The van der Waals surface area contributed by atoms with E-state index in [0.29, 0.717) is 6.54 Å². The summed E-state index contributed by atoms with van der Waals surface area (Å²) in [7, 11) is 3.70. The molecule has 3 aromatic carbocycles. The van der Waals surface area contributed by atoms with Gasteiger partial charge in [0.1, 0.15) is 5.60 Å². The van der Waals surface area contributed by atoms with Crippen LogP contribution in [-0.4, -0.2) is 35.7 Å². The second-order valence-electron chi connectivity index (χ2n) is 9.43. The summed E-state index contributed by atoms with van der Waals surface area (Å²) in [4.78, 5) is 20.0. The number of rotatable bonds is 6. The maximum atomic E-state index is 11.8. The van der Waals surface area contributed by atoms with Crippen LogP contribution in [-0.2, 0) is 17.8 Å². The monoisotopic (exact) mass is 521 g/mol. The molecule has 7 heteroatoms. The first-order valence-electron chi connectivity index (χ1n) is 11.8. The molecule has 5 nitrogen and oxygen atoms in total. The number of thiol groups is 1. The van der Waals surface area contributed by atoms with Crippen LogP contribution in [0.15, 0.2) is 93.7 Å². The Bertz CT molecular complexity index is 1280. The minimum atomic E-state index is -0.466. The summed E-state index contributed by atoms with van der Waals surface area (Å²) in [6.45, 7) is 6.95. The Balaban J connectivity index is 0.000000202. The van der Waals surface area contributed by atoms with E-state index in [9.17, 15) is 4.79 Å². The zero-order valence-corrected chi connectivity index (χ0v) is 23.2. The van der Waals surface area contributed by atoms with E-state index in [0.717, 1.165) is 17.0 Å². The maximum absolute atomic E-state index is 11.8. The van der Waals surface area contributed by atoms with E-state index in [1.54, 1.807) is 11.9 Å². The normalized spacial score (nSPS) is 11.1. The van der Waals surface area contributed by atoms with Crippen molar-refractivity contribution in [3.8, 4) is 0 Å². The number of nitrogens with zero attached hydrogens (tertiary/aromatic N) is 1. The van der Waals surface area contributed by atoms with E-state index in [4.69, 9.17) is 4.74 Å². The van der Waals surface area contributed by atoms with E-state index in [-0.39, 0.29) is 6.09 Å². The zero-order chi connectivity index (χ0) is 26.1. The van der Waals surface area contributed by atoms with Crippen LogP contribution in [0.2, 0.25) is 0 Å². The van der Waals surface area contributed by atoms with Crippen LogP contribution in [0, 0.1) is 0 Å². The molecule has 36 heavy (non-hydrogen) atoms. The van der Waals surface area contributed by atoms with Crippen molar-refractivity contribution in [2.75, 3.05) is 14.1 Å². The Hall–Kier alpha value is -2.87. The number of ether oxygens (including phenoxy) is 1. The fourth-order valence-electron chi connectivity index (χ4n) is 3.47. The molecule has 0 spiro atoms. The molecule has 1 amide bonds. The molecule has 0 bridgehead atoms. The number of benzene rings is 3. The molecule has 0 aliphatic heterocycles. The van der Waals surface area contributed by atoms with E-state index >= 15 is 0 Å². The summed E-state index contributed by atoms with van der Waals surface area (Å²) >= 11 is 6.17. The smallest absolute Gasteiger partial charge is 0.410 e. The van der Waals surface area contributed by atoms with Crippen LogP contribution >= 0.6 is 24.4 Å². The van der Waals surface area contributed by atoms with E-state index in [2.05, 4.69) is 71.5 Å². The fourth-order valence-corrected chi connectivity index (χ4v) is 4.69. The van der Waals surface area contributed by atoms with Crippen molar-refractivity contribution >= 4 is 41.4 Å². The van der Waals surface area contributed by atoms with Crippen LogP contribution in [0.4, 0.5) is 4.79 Å². The lowest BCUT2D eigenvalue weighted by atomic mass is 10.2. The predicted octanol–water partition coefficient (Wildman–Crippen LogP) is 7.38. The fraction of sp³-hybridized carbons (Fsp3) is 0.276. The van der Waals surface area contributed by atoms with Gasteiger partial charge in [0.15, 0.2) is 0 Å². The Labute approximate surface area is 224 Å².